The van der Waals surface area contributed by atoms with Crippen LogP contribution in [0.3, 0.4) is 0 Å². The third kappa shape index (κ3) is 3.50. The summed E-state index contributed by atoms with van der Waals surface area (Å²) in [7, 11) is 0. The maximum Gasteiger partial charge on any atom is 0.257 e. The number of ketones is 2. The van der Waals surface area contributed by atoms with Crippen LogP contribution in [0.25, 0.3) is 5.57 Å². The van der Waals surface area contributed by atoms with Gasteiger partial charge in [0.05, 0.1) is 17.3 Å². The number of rotatable bonds is 3. The number of benzene rings is 3. The Labute approximate surface area is 242 Å². The summed E-state index contributed by atoms with van der Waals surface area (Å²) in [4.78, 5) is 55.6. The van der Waals surface area contributed by atoms with Crippen molar-refractivity contribution in [2.75, 3.05) is 0 Å². The van der Waals surface area contributed by atoms with Crippen LogP contribution in [0, 0.1) is 30.6 Å². The fourth-order valence-electron chi connectivity index (χ4n) is 8.09. The molecule has 3 aromatic carbocycles. The minimum atomic E-state index is -1.32. The van der Waals surface area contributed by atoms with Crippen LogP contribution in [0.5, 0.6) is 5.75 Å². The molecule has 3 aliphatic carbocycles. The van der Waals surface area contributed by atoms with Crippen molar-refractivity contribution in [3.05, 3.63) is 119 Å². The number of phenolic OH excluding ortho intramolecular Hbond substituents is 1. The number of hydroxylamine groups is 2. The normalized spacial score (nSPS) is 30.3. The number of carbonyl (C=O) groups excluding carboxylic acids is 4. The molecule has 2 fully saturated rings. The van der Waals surface area contributed by atoms with Gasteiger partial charge in [0.25, 0.3) is 11.8 Å². The topological polar surface area (TPSA) is 112 Å². The van der Waals surface area contributed by atoms with Crippen molar-refractivity contribution in [2.45, 2.75) is 31.1 Å². The number of Topliss-reactive ketones (excluding diaryl/α,β-unsaturated/α-hetero) is 1. The van der Waals surface area contributed by atoms with Crippen LogP contribution < -0.4 is 0 Å². The van der Waals surface area contributed by atoms with E-state index in [2.05, 4.69) is 0 Å². The standard InChI is InChI=1S/C35H29NO6/c1-19-16-21(12-15-28(19)37)31-23-13-14-24-30(34(41)36(42)33(24)40)26(23)17-27-32(39)25(20-8-4-2-5-9-20)18-29(38)35(27,31)22-10-6-3-7-11-22/h2-13,15-16,18,24,26-27,30-31,37,42H,14,17H2,1H3/t24-,26+,27-,30-,31-,35-/m0/s1. The summed E-state index contributed by atoms with van der Waals surface area (Å²) < 4.78 is 0. The molecule has 42 heavy (non-hydrogen) atoms. The molecule has 6 atom stereocenters. The van der Waals surface area contributed by atoms with Crippen molar-refractivity contribution in [1.29, 1.82) is 0 Å². The molecular weight excluding hydrogens is 530 g/mol. The first-order valence-electron chi connectivity index (χ1n) is 14.2. The second-order valence-electron chi connectivity index (χ2n) is 11.8. The molecule has 4 aliphatic rings. The van der Waals surface area contributed by atoms with Crippen LogP contribution in [0.4, 0.5) is 0 Å². The fourth-order valence-corrected chi connectivity index (χ4v) is 8.09. The summed E-state index contributed by atoms with van der Waals surface area (Å²) in [6.45, 7) is 1.78. The maximum absolute atomic E-state index is 14.8. The number of nitrogens with zero attached hydrogens (tertiary/aromatic N) is 1. The molecule has 7 rings (SSSR count). The third-order valence-electron chi connectivity index (χ3n) is 9.91. The van der Waals surface area contributed by atoms with Gasteiger partial charge in [0.2, 0.25) is 0 Å². The van der Waals surface area contributed by atoms with Crippen molar-refractivity contribution < 1.29 is 29.5 Å². The van der Waals surface area contributed by atoms with E-state index in [1.807, 2.05) is 60.7 Å². The van der Waals surface area contributed by atoms with Gasteiger partial charge in [-0.2, -0.15) is 5.06 Å². The molecule has 1 aliphatic heterocycles. The lowest BCUT2D eigenvalue weighted by atomic mass is 9.44. The number of phenols is 1. The van der Waals surface area contributed by atoms with Crippen LogP contribution >= 0.6 is 0 Å². The Hall–Kier alpha value is -4.62. The highest BCUT2D eigenvalue weighted by atomic mass is 16.5. The molecule has 1 heterocycles. The lowest BCUT2D eigenvalue weighted by Crippen LogP contribution is -2.58. The first-order chi connectivity index (χ1) is 20.2. The zero-order chi connectivity index (χ0) is 29.3. The van der Waals surface area contributed by atoms with E-state index in [1.165, 1.54) is 6.08 Å². The first kappa shape index (κ1) is 26.3. The average Bonchev–Trinajstić information content (AvgIpc) is 3.23. The van der Waals surface area contributed by atoms with Crippen molar-refractivity contribution in [3.8, 4) is 5.75 Å². The van der Waals surface area contributed by atoms with Gasteiger partial charge in [-0.1, -0.05) is 84.4 Å². The number of fused-ring (bicyclic) bond motifs is 4. The van der Waals surface area contributed by atoms with Crippen LogP contribution in [0.15, 0.2) is 96.6 Å². The van der Waals surface area contributed by atoms with Crippen molar-refractivity contribution >= 4 is 29.0 Å². The van der Waals surface area contributed by atoms with E-state index in [0.717, 1.165) is 11.1 Å². The largest absolute Gasteiger partial charge is 0.508 e. The second-order valence-corrected chi connectivity index (χ2v) is 11.8. The summed E-state index contributed by atoms with van der Waals surface area (Å²) in [5.41, 5.74) is 2.53. The number of aryl methyl sites for hydroxylation is 1. The number of hydrogen-bond donors (Lipinski definition) is 2. The van der Waals surface area contributed by atoms with E-state index < -0.39 is 46.8 Å². The molecule has 1 saturated carbocycles. The second kappa shape index (κ2) is 9.46. The molecule has 0 bridgehead atoms. The monoisotopic (exact) mass is 559 g/mol. The Balaban J connectivity index is 1.53. The van der Waals surface area contributed by atoms with Gasteiger partial charge < -0.3 is 5.11 Å². The molecule has 1 saturated heterocycles. The van der Waals surface area contributed by atoms with E-state index in [-0.39, 0.29) is 35.2 Å². The van der Waals surface area contributed by atoms with E-state index in [0.29, 0.717) is 22.3 Å². The van der Waals surface area contributed by atoms with Crippen molar-refractivity contribution in [2.24, 2.45) is 23.7 Å². The molecule has 7 nitrogen and oxygen atoms in total. The number of carbonyl (C=O) groups is 4. The molecule has 0 spiro atoms. The summed E-state index contributed by atoms with van der Waals surface area (Å²) in [6, 6.07) is 23.6. The quantitative estimate of drug-likeness (QED) is 0.268. The summed E-state index contributed by atoms with van der Waals surface area (Å²) in [5, 5.41) is 21.0. The predicted molar refractivity (Wildman–Crippen MR) is 153 cm³/mol. The molecule has 3 aromatic rings. The highest BCUT2D eigenvalue weighted by Gasteiger charge is 2.65. The average molecular weight is 560 g/mol. The van der Waals surface area contributed by atoms with E-state index in [9.17, 15) is 29.5 Å². The van der Waals surface area contributed by atoms with Gasteiger partial charge in [-0.05, 0) is 60.1 Å². The lowest BCUT2D eigenvalue weighted by molar-refractivity contribution is -0.173. The van der Waals surface area contributed by atoms with E-state index in [1.54, 1.807) is 31.2 Å². The SMILES string of the molecule is Cc1cc([C@H]2C3=CC[C@@H]4C(=O)N(O)C(=O)[C@@H]4[C@@H]3C[C@H]3C(=O)C(c4ccccc4)=CC(=O)[C@@]23c2ccccc2)ccc1O. The number of aromatic hydroxyl groups is 1. The van der Waals surface area contributed by atoms with Gasteiger partial charge in [0.15, 0.2) is 11.6 Å². The summed E-state index contributed by atoms with van der Waals surface area (Å²) >= 11 is 0. The predicted octanol–water partition coefficient (Wildman–Crippen LogP) is 4.91. The van der Waals surface area contributed by atoms with Crippen molar-refractivity contribution in [1.82, 2.24) is 5.06 Å². The van der Waals surface area contributed by atoms with Crippen LogP contribution in [0.2, 0.25) is 0 Å². The molecule has 2 N–H and O–H groups in total. The molecule has 210 valence electrons. The molecule has 7 heteroatoms. The molecule has 0 radical (unpaired) electrons. The maximum atomic E-state index is 14.8. The van der Waals surface area contributed by atoms with Crippen LogP contribution in [0.1, 0.15) is 41.0 Å². The summed E-state index contributed by atoms with van der Waals surface area (Å²) in [5.74, 6) is -5.16. The molecule has 0 unspecified atom stereocenters. The zero-order valence-electron chi connectivity index (χ0n) is 22.9. The highest BCUT2D eigenvalue weighted by Crippen LogP contribution is 2.63. The Morgan fingerprint density at radius 1 is 0.857 bits per heavy atom. The van der Waals surface area contributed by atoms with Crippen LogP contribution in [-0.2, 0) is 24.6 Å². The minimum Gasteiger partial charge on any atom is -0.508 e. The molecule has 0 aromatic heterocycles. The highest BCUT2D eigenvalue weighted by molar-refractivity contribution is 6.31. The van der Waals surface area contributed by atoms with Crippen LogP contribution in [-0.4, -0.2) is 38.8 Å². The van der Waals surface area contributed by atoms with E-state index in [4.69, 9.17) is 0 Å². The Morgan fingerprint density at radius 3 is 2.24 bits per heavy atom. The zero-order valence-corrected chi connectivity index (χ0v) is 22.9. The fraction of sp³-hybridized carbons (Fsp3) is 0.257. The van der Waals surface area contributed by atoms with Gasteiger partial charge in [-0.15, -0.1) is 0 Å². The molecule has 2 amide bonds. The van der Waals surface area contributed by atoms with Gasteiger partial charge >= 0.3 is 0 Å². The van der Waals surface area contributed by atoms with Gasteiger partial charge in [0, 0.05) is 17.4 Å². The number of allylic oxidation sites excluding steroid dienone is 4. The minimum absolute atomic E-state index is 0.110. The number of imide groups is 1. The van der Waals surface area contributed by atoms with Gasteiger partial charge in [-0.3, -0.25) is 24.4 Å². The van der Waals surface area contributed by atoms with Gasteiger partial charge in [0.1, 0.15) is 5.75 Å². The number of amides is 2. The van der Waals surface area contributed by atoms with Gasteiger partial charge in [-0.25, -0.2) is 0 Å². The molecular formula is C35H29NO6. The Kier molecular flexibility index (Phi) is 5.92. The third-order valence-corrected chi connectivity index (χ3v) is 9.91. The summed E-state index contributed by atoms with van der Waals surface area (Å²) in [6.07, 6.45) is 3.84. The first-order valence-corrected chi connectivity index (χ1v) is 14.2. The smallest absolute Gasteiger partial charge is 0.257 e. The van der Waals surface area contributed by atoms with Crippen molar-refractivity contribution in [3.63, 3.8) is 0 Å². The number of hydrogen-bond acceptors (Lipinski definition) is 6. The Morgan fingerprint density at radius 2 is 1.55 bits per heavy atom. The Bertz CT molecular complexity index is 1720. The van der Waals surface area contributed by atoms with E-state index >= 15 is 0 Å². The lowest BCUT2D eigenvalue weighted by Gasteiger charge is -2.55.